The molecule has 0 bridgehead atoms. The number of carbonyl (C=O) groups is 1. The number of aryl methyl sites for hydroxylation is 2. The van der Waals surface area contributed by atoms with Crippen molar-refractivity contribution in [2.75, 3.05) is 11.9 Å². The molecular weight excluding hydrogens is 468 g/mol. The first kappa shape index (κ1) is 20.4. The van der Waals surface area contributed by atoms with Crippen molar-refractivity contribution in [2.24, 2.45) is 0 Å². The van der Waals surface area contributed by atoms with Crippen molar-refractivity contribution >= 4 is 50.2 Å². The SMILES string of the molecule is Cc1cc(C)c(OCC(=O)Nc2cc3nn(-c4ccccc4)nc3cc2Cl)c(Br)c1. The van der Waals surface area contributed by atoms with Crippen molar-refractivity contribution in [3.63, 3.8) is 0 Å². The molecule has 0 atom stereocenters. The third-order valence-corrected chi connectivity index (χ3v) is 5.35. The second-order valence-electron chi connectivity index (χ2n) is 6.88. The van der Waals surface area contributed by atoms with Crippen LogP contribution in [0.2, 0.25) is 5.02 Å². The van der Waals surface area contributed by atoms with Gasteiger partial charge in [0.2, 0.25) is 0 Å². The fourth-order valence-electron chi connectivity index (χ4n) is 3.12. The van der Waals surface area contributed by atoms with E-state index in [-0.39, 0.29) is 12.5 Å². The minimum absolute atomic E-state index is 0.145. The highest BCUT2D eigenvalue weighted by atomic mass is 79.9. The Morgan fingerprint density at radius 3 is 2.50 bits per heavy atom. The molecule has 1 amide bonds. The molecule has 0 aliphatic heterocycles. The average Bonchev–Trinajstić information content (AvgIpc) is 3.11. The van der Waals surface area contributed by atoms with Crippen molar-refractivity contribution in [1.29, 1.82) is 0 Å². The molecule has 0 aliphatic carbocycles. The van der Waals surface area contributed by atoms with E-state index in [1.54, 1.807) is 12.1 Å². The Hall–Kier alpha value is -2.90. The molecule has 152 valence electrons. The highest BCUT2D eigenvalue weighted by Gasteiger charge is 2.13. The summed E-state index contributed by atoms with van der Waals surface area (Å²) in [7, 11) is 0. The number of aromatic nitrogens is 3. The van der Waals surface area contributed by atoms with E-state index in [1.165, 1.54) is 4.80 Å². The van der Waals surface area contributed by atoms with Gasteiger partial charge in [-0.3, -0.25) is 4.79 Å². The van der Waals surface area contributed by atoms with Gasteiger partial charge >= 0.3 is 0 Å². The van der Waals surface area contributed by atoms with E-state index in [0.717, 1.165) is 21.3 Å². The number of rotatable bonds is 5. The van der Waals surface area contributed by atoms with Gasteiger partial charge in [-0.05, 0) is 71.2 Å². The molecule has 1 N–H and O–H groups in total. The number of hydrogen-bond acceptors (Lipinski definition) is 4. The maximum absolute atomic E-state index is 12.4. The number of fused-ring (bicyclic) bond motifs is 1. The Labute approximate surface area is 186 Å². The molecule has 3 aromatic carbocycles. The lowest BCUT2D eigenvalue weighted by Gasteiger charge is -2.12. The van der Waals surface area contributed by atoms with Crippen LogP contribution in [0.5, 0.6) is 5.75 Å². The van der Waals surface area contributed by atoms with E-state index in [2.05, 4.69) is 31.4 Å². The summed E-state index contributed by atoms with van der Waals surface area (Å²) in [6, 6.07) is 16.9. The van der Waals surface area contributed by atoms with Gasteiger partial charge in [-0.15, -0.1) is 10.2 Å². The van der Waals surface area contributed by atoms with E-state index in [4.69, 9.17) is 16.3 Å². The van der Waals surface area contributed by atoms with Gasteiger partial charge in [0.25, 0.3) is 5.91 Å². The third-order valence-electron chi connectivity index (χ3n) is 4.45. The molecule has 0 spiro atoms. The third kappa shape index (κ3) is 4.32. The largest absolute Gasteiger partial charge is 0.482 e. The zero-order valence-electron chi connectivity index (χ0n) is 16.3. The zero-order chi connectivity index (χ0) is 21.3. The molecule has 0 saturated carbocycles. The molecule has 0 unspecified atom stereocenters. The Morgan fingerprint density at radius 2 is 1.80 bits per heavy atom. The van der Waals surface area contributed by atoms with Crippen LogP contribution in [-0.4, -0.2) is 27.5 Å². The van der Waals surface area contributed by atoms with Gasteiger partial charge in [-0.25, -0.2) is 0 Å². The summed E-state index contributed by atoms with van der Waals surface area (Å²) in [6.45, 7) is 3.79. The van der Waals surface area contributed by atoms with Crippen LogP contribution >= 0.6 is 27.5 Å². The summed E-state index contributed by atoms with van der Waals surface area (Å²) in [5.74, 6) is 0.321. The maximum Gasteiger partial charge on any atom is 0.262 e. The number of para-hydroxylation sites is 1. The molecule has 0 aliphatic rings. The van der Waals surface area contributed by atoms with Crippen molar-refractivity contribution in [3.05, 3.63) is 75.2 Å². The minimum atomic E-state index is -0.321. The van der Waals surface area contributed by atoms with Gasteiger partial charge < -0.3 is 10.1 Å². The zero-order valence-corrected chi connectivity index (χ0v) is 18.7. The van der Waals surface area contributed by atoms with Crippen molar-refractivity contribution in [3.8, 4) is 11.4 Å². The summed E-state index contributed by atoms with van der Waals surface area (Å²) in [5.41, 5.74) is 4.61. The molecule has 0 saturated heterocycles. The molecule has 0 radical (unpaired) electrons. The maximum atomic E-state index is 12.4. The molecule has 4 rings (SSSR count). The van der Waals surface area contributed by atoms with E-state index in [9.17, 15) is 4.79 Å². The summed E-state index contributed by atoms with van der Waals surface area (Å²) in [6.07, 6.45) is 0. The van der Waals surface area contributed by atoms with Gasteiger partial charge in [0, 0.05) is 0 Å². The van der Waals surface area contributed by atoms with E-state index in [0.29, 0.717) is 27.5 Å². The Bertz CT molecular complexity index is 1220. The number of anilines is 1. The molecular formula is C22H18BrClN4O2. The van der Waals surface area contributed by atoms with Crippen LogP contribution in [0.4, 0.5) is 5.69 Å². The minimum Gasteiger partial charge on any atom is -0.482 e. The quantitative estimate of drug-likeness (QED) is 0.407. The highest BCUT2D eigenvalue weighted by Crippen LogP contribution is 2.30. The van der Waals surface area contributed by atoms with Crippen molar-refractivity contribution in [2.45, 2.75) is 13.8 Å². The molecule has 6 nitrogen and oxygen atoms in total. The normalized spacial score (nSPS) is 10.9. The monoisotopic (exact) mass is 484 g/mol. The standard InChI is InChI=1S/C22H18BrClN4O2/c1-13-8-14(2)22(16(23)9-13)30-12-21(29)25-18-11-20-19(10-17(18)24)26-28(27-20)15-6-4-3-5-7-15/h3-11H,12H2,1-2H3,(H,25,29). The van der Waals surface area contributed by atoms with Crippen LogP contribution in [0.15, 0.2) is 59.1 Å². The Kier molecular flexibility index (Phi) is 5.74. The Balaban J connectivity index is 1.51. The molecule has 8 heteroatoms. The van der Waals surface area contributed by atoms with Crippen LogP contribution in [-0.2, 0) is 4.79 Å². The van der Waals surface area contributed by atoms with Crippen LogP contribution in [0.25, 0.3) is 16.7 Å². The van der Waals surface area contributed by atoms with Crippen LogP contribution < -0.4 is 10.1 Å². The van der Waals surface area contributed by atoms with Crippen LogP contribution in [0.3, 0.4) is 0 Å². The second-order valence-corrected chi connectivity index (χ2v) is 8.14. The fourth-order valence-corrected chi connectivity index (χ4v) is 4.11. The van der Waals surface area contributed by atoms with Crippen molar-refractivity contribution < 1.29 is 9.53 Å². The van der Waals surface area contributed by atoms with Gasteiger partial charge in [0.15, 0.2) is 6.61 Å². The highest BCUT2D eigenvalue weighted by molar-refractivity contribution is 9.10. The lowest BCUT2D eigenvalue weighted by molar-refractivity contribution is -0.118. The molecule has 4 aromatic rings. The Morgan fingerprint density at radius 1 is 1.10 bits per heavy atom. The summed E-state index contributed by atoms with van der Waals surface area (Å²) in [5, 5.41) is 12.1. The number of halogens is 2. The first-order chi connectivity index (χ1) is 14.4. The first-order valence-electron chi connectivity index (χ1n) is 9.22. The lowest BCUT2D eigenvalue weighted by atomic mass is 10.1. The molecule has 1 aromatic heterocycles. The number of nitrogens with zero attached hydrogens (tertiary/aromatic N) is 3. The molecule has 30 heavy (non-hydrogen) atoms. The van der Waals surface area contributed by atoms with Gasteiger partial charge in [-0.1, -0.05) is 35.9 Å². The van der Waals surface area contributed by atoms with Gasteiger partial charge in [0.1, 0.15) is 16.8 Å². The summed E-state index contributed by atoms with van der Waals surface area (Å²) < 4.78 is 6.52. The number of carbonyl (C=O) groups excluding carboxylic acids is 1. The second kappa shape index (κ2) is 8.45. The average molecular weight is 486 g/mol. The van der Waals surface area contributed by atoms with E-state index >= 15 is 0 Å². The number of ether oxygens (including phenoxy) is 1. The van der Waals surface area contributed by atoms with Crippen LogP contribution in [0, 0.1) is 13.8 Å². The lowest BCUT2D eigenvalue weighted by Crippen LogP contribution is -2.20. The van der Waals surface area contributed by atoms with Crippen molar-refractivity contribution in [1.82, 2.24) is 15.0 Å². The van der Waals surface area contributed by atoms with Crippen LogP contribution in [0.1, 0.15) is 11.1 Å². The fraction of sp³-hybridized carbons (Fsp3) is 0.136. The topological polar surface area (TPSA) is 69.0 Å². The number of amides is 1. The first-order valence-corrected chi connectivity index (χ1v) is 10.4. The predicted octanol–water partition coefficient (Wildman–Crippen LogP) is 5.47. The van der Waals surface area contributed by atoms with E-state index < -0.39 is 0 Å². The summed E-state index contributed by atoms with van der Waals surface area (Å²) >= 11 is 9.83. The van der Waals surface area contributed by atoms with Gasteiger partial charge in [-0.2, -0.15) is 4.80 Å². The van der Waals surface area contributed by atoms with E-state index in [1.807, 2.05) is 56.3 Å². The number of hydrogen-bond donors (Lipinski definition) is 1. The molecule has 1 heterocycles. The number of nitrogens with one attached hydrogen (secondary N) is 1. The smallest absolute Gasteiger partial charge is 0.262 e. The predicted molar refractivity (Wildman–Crippen MR) is 122 cm³/mol. The summed E-state index contributed by atoms with van der Waals surface area (Å²) in [4.78, 5) is 14.0. The number of benzene rings is 3. The van der Waals surface area contributed by atoms with Gasteiger partial charge in [0.05, 0.1) is 20.9 Å². The molecule has 0 fully saturated rings.